The molecule has 3 atom stereocenters. The minimum atomic E-state index is -0.677. The quantitative estimate of drug-likeness (QED) is 0.848. The van der Waals surface area contributed by atoms with Gasteiger partial charge in [-0.05, 0) is 36.5 Å². The van der Waals surface area contributed by atoms with Crippen LogP contribution in [0.3, 0.4) is 0 Å². The molecule has 0 unspecified atom stereocenters. The molecule has 2 aromatic rings. The number of aliphatic carboxylic acids is 1. The van der Waals surface area contributed by atoms with Crippen molar-refractivity contribution in [1.82, 2.24) is 9.88 Å². The molecular formula is C20H24N2O2. The van der Waals surface area contributed by atoms with Crippen molar-refractivity contribution in [2.75, 3.05) is 13.1 Å². The summed E-state index contributed by atoms with van der Waals surface area (Å²) in [4.78, 5) is 17.6. The molecule has 0 saturated carbocycles. The van der Waals surface area contributed by atoms with Crippen molar-refractivity contribution in [1.29, 1.82) is 0 Å². The average molecular weight is 324 g/mol. The first-order valence-electron chi connectivity index (χ1n) is 8.84. The molecule has 2 N–H and O–H groups in total. The van der Waals surface area contributed by atoms with Crippen LogP contribution in [0.25, 0.3) is 10.9 Å². The number of aromatic nitrogens is 1. The molecule has 1 fully saturated rings. The largest absolute Gasteiger partial charge is 0.481 e. The van der Waals surface area contributed by atoms with E-state index in [4.69, 9.17) is 0 Å². The molecule has 4 nitrogen and oxygen atoms in total. The van der Waals surface area contributed by atoms with Gasteiger partial charge in [-0.3, -0.25) is 9.69 Å². The number of likely N-dealkylation sites (tertiary alicyclic amines) is 1. The number of nitrogens with zero attached hydrogens (tertiary/aromatic N) is 1. The van der Waals surface area contributed by atoms with Gasteiger partial charge in [0.1, 0.15) is 0 Å². The SMILES string of the molecule is C=CCN1C[C@H](C(=O)O)C[C@@H]2c3cccc4[nH]c(CC)c(c34)C[C@H]21. The number of carboxylic acids is 1. The molecule has 1 saturated heterocycles. The Morgan fingerprint density at radius 1 is 1.50 bits per heavy atom. The molecule has 1 aliphatic heterocycles. The van der Waals surface area contributed by atoms with E-state index in [1.54, 1.807) is 0 Å². The minimum absolute atomic E-state index is 0.288. The topological polar surface area (TPSA) is 56.3 Å². The molecule has 0 radical (unpaired) electrons. The summed E-state index contributed by atoms with van der Waals surface area (Å²) in [6, 6.07) is 6.81. The summed E-state index contributed by atoms with van der Waals surface area (Å²) in [5.74, 6) is -0.687. The number of fused-ring (bicyclic) bond motifs is 2. The van der Waals surface area contributed by atoms with Crippen LogP contribution < -0.4 is 0 Å². The normalized spacial score (nSPS) is 26.3. The lowest BCUT2D eigenvalue weighted by Gasteiger charge is -2.46. The van der Waals surface area contributed by atoms with E-state index in [2.05, 4.69) is 41.6 Å². The first-order chi connectivity index (χ1) is 11.6. The molecule has 2 heterocycles. The van der Waals surface area contributed by atoms with Crippen LogP contribution in [0.2, 0.25) is 0 Å². The molecule has 1 aliphatic carbocycles. The Labute approximate surface area is 142 Å². The number of H-pyrrole nitrogens is 1. The van der Waals surface area contributed by atoms with Crippen molar-refractivity contribution in [2.45, 2.75) is 38.1 Å². The molecule has 0 spiro atoms. The van der Waals surface area contributed by atoms with Gasteiger partial charge in [0.25, 0.3) is 0 Å². The van der Waals surface area contributed by atoms with Gasteiger partial charge < -0.3 is 10.1 Å². The predicted octanol–water partition coefficient (Wildman–Crippen LogP) is 3.33. The minimum Gasteiger partial charge on any atom is -0.481 e. The number of hydrogen-bond acceptors (Lipinski definition) is 2. The zero-order valence-electron chi connectivity index (χ0n) is 14.1. The fraction of sp³-hybridized carbons (Fsp3) is 0.450. The summed E-state index contributed by atoms with van der Waals surface area (Å²) in [5, 5.41) is 10.9. The molecule has 0 bridgehead atoms. The van der Waals surface area contributed by atoms with Crippen LogP contribution in [0.5, 0.6) is 0 Å². The van der Waals surface area contributed by atoms with Crippen LogP contribution >= 0.6 is 0 Å². The van der Waals surface area contributed by atoms with Crippen molar-refractivity contribution in [3.63, 3.8) is 0 Å². The highest BCUT2D eigenvalue weighted by molar-refractivity contribution is 5.90. The summed E-state index contributed by atoms with van der Waals surface area (Å²) in [5.41, 5.74) is 5.29. The third-order valence-electron chi connectivity index (χ3n) is 5.85. The maximum Gasteiger partial charge on any atom is 0.307 e. The van der Waals surface area contributed by atoms with E-state index in [0.717, 1.165) is 25.8 Å². The summed E-state index contributed by atoms with van der Waals surface area (Å²) in [6.45, 7) is 7.44. The second kappa shape index (κ2) is 5.78. The highest BCUT2D eigenvalue weighted by atomic mass is 16.4. The van der Waals surface area contributed by atoms with Gasteiger partial charge in [0.15, 0.2) is 0 Å². The standard InChI is InChI=1S/C20H24N2O2/c1-3-8-22-11-12(20(23)24)9-14-13-6-5-7-17-19(13)15(10-18(14)22)16(4-2)21-17/h3,5-7,12,14,18,21H,1,4,8-11H2,2H3,(H,23,24)/t12-,14-,18-/m1/s1. The molecule has 1 aromatic heterocycles. The predicted molar refractivity (Wildman–Crippen MR) is 95.4 cm³/mol. The maximum atomic E-state index is 11.7. The van der Waals surface area contributed by atoms with Crippen molar-refractivity contribution in [3.05, 3.63) is 47.7 Å². The molecule has 24 heavy (non-hydrogen) atoms. The summed E-state index contributed by atoms with van der Waals surface area (Å²) in [6.07, 6.45) is 4.64. The van der Waals surface area contributed by atoms with Gasteiger partial charge in [-0.1, -0.05) is 25.1 Å². The lowest BCUT2D eigenvalue weighted by molar-refractivity contribution is -0.144. The Bertz CT molecular complexity index is 807. The molecule has 2 aliphatic rings. The number of hydrogen-bond donors (Lipinski definition) is 2. The third-order valence-corrected chi connectivity index (χ3v) is 5.85. The van der Waals surface area contributed by atoms with Crippen LogP contribution in [0.1, 0.15) is 36.1 Å². The number of aryl methyl sites for hydroxylation is 1. The van der Waals surface area contributed by atoms with E-state index in [-0.39, 0.29) is 11.8 Å². The monoisotopic (exact) mass is 324 g/mol. The fourth-order valence-electron chi connectivity index (χ4n) is 4.82. The van der Waals surface area contributed by atoms with Gasteiger partial charge in [0, 0.05) is 41.6 Å². The number of carbonyl (C=O) groups is 1. The first-order valence-corrected chi connectivity index (χ1v) is 8.84. The van der Waals surface area contributed by atoms with Crippen LogP contribution in [-0.2, 0) is 17.6 Å². The summed E-state index contributed by atoms with van der Waals surface area (Å²) in [7, 11) is 0. The lowest BCUT2D eigenvalue weighted by atomic mass is 9.72. The number of nitrogens with one attached hydrogen (secondary N) is 1. The Morgan fingerprint density at radius 3 is 3.04 bits per heavy atom. The number of carboxylic acid groups (broad SMARTS) is 1. The highest BCUT2D eigenvalue weighted by Gasteiger charge is 2.42. The lowest BCUT2D eigenvalue weighted by Crippen LogP contribution is -2.51. The van der Waals surface area contributed by atoms with E-state index in [1.165, 1.54) is 27.7 Å². The zero-order chi connectivity index (χ0) is 16.8. The van der Waals surface area contributed by atoms with Crippen molar-refractivity contribution < 1.29 is 9.90 Å². The summed E-state index contributed by atoms with van der Waals surface area (Å²) < 4.78 is 0. The number of rotatable bonds is 4. The third kappa shape index (κ3) is 2.20. The summed E-state index contributed by atoms with van der Waals surface area (Å²) >= 11 is 0. The Morgan fingerprint density at radius 2 is 2.33 bits per heavy atom. The van der Waals surface area contributed by atoms with E-state index in [9.17, 15) is 9.90 Å². The van der Waals surface area contributed by atoms with Crippen LogP contribution in [-0.4, -0.2) is 40.1 Å². The number of benzene rings is 1. The fourth-order valence-corrected chi connectivity index (χ4v) is 4.82. The Hall–Kier alpha value is -2.07. The first kappa shape index (κ1) is 15.5. The van der Waals surface area contributed by atoms with Crippen molar-refractivity contribution in [2.24, 2.45) is 5.92 Å². The molecule has 4 rings (SSSR count). The van der Waals surface area contributed by atoms with E-state index < -0.39 is 5.97 Å². The Balaban J connectivity index is 1.85. The van der Waals surface area contributed by atoms with Gasteiger partial charge >= 0.3 is 5.97 Å². The van der Waals surface area contributed by atoms with Gasteiger partial charge in [0.2, 0.25) is 0 Å². The highest BCUT2D eigenvalue weighted by Crippen LogP contribution is 2.45. The van der Waals surface area contributed by atoms with Crippen molar-refractivity contribution in [3.8, 4) is 0 Å². The van der Waals surface area contributed by atoms with Gasteiger partial charge in [0.05, 0.1) is 5.92 Å². The molecular weight excluding hydrogens is 300 g/mol. The van der Waals surface area contributed by atoms with Crippen LogP contribution in [0.4, 0.5) is 0 Å². The van der Waals surface area contributed by atoms with E-state index >= 15 is 0 Å². The molecule has 4 heteroatoms. The van der Waals surface area contributed by atoms with Gasteiger partial charge in [-0.25, -0.2) is 0 Å². The van der Waals surface area contributed by atoms with Gasteiger partial charge in [-0.15, -0.1) is 6.58 Å². The van der Waals surface area contributed by atoms with Crippen LogP contribution in [0, 0.1) is 5.92 Å². The van der Waals surface area contributed by atoms with Crippen LogP contribution in [0.15, 0.2) is 30.9 Å². The Kier molecular flexibility index (Phi) is 3.72. The van der Waals surface area contributed by atoms with Crippen molar-refractivity contribution >= 4 is 16.9 Å². The smallest absolute Gasteiger partial charge is 0.307 e. The second-order valence-electron chi connectivity index (χ2n) is 7.10. The number of aromatic amines is 1. The number of piperidine rings is 1. The second-order valence-corrected chi connectivity index (χ2v) is 7.10. The van der Waals surface area contributed by atoms with E-state index in [0.29, 0.717) is 12.6 Å². The maximum absolute atomic E-state index is 11.7. The van der Waals surface area contributed by atoms with Gasteiger partial charge in [-0.2, -0.15) is 0 Å². The van der Waals surface area contributed by atoms with E-state index in [1.807, 2.05) is 6.08 Å². The molecule has 0 amide bonds. The average Bonchev–Trinajstić information content (AvgIpc) is 2.95. The molecule has 126 valence electrons. The zero-order valence-corrected chi connectivity index (χ0v) is 14.1. The molecule has 1 aromatic carbocycles.